The van der Waals surface area contributed by atoms with Crippen molar-refractivity contribution >= 4 is 21.7 Å². The fourth-order valence-corrected chi connectivity index (χ4v) is 1.67. The Kier molecular flexibility index (Phi) is 1.68. The number of hydrogen-bond donors (Lipinski definition) is 0. The number of halogens is 1. The molecule has 2 rings (SSSR count). The quantitative estimate of drug-likeness (QED) is 0.679. The lowest BCUT2D eigenvalue weighted by Gasteiger charge is -2.02. The van der Waals surface area contributed by atoms with Crippen LogP contribution in [0.15, 0.2) is 16.6 Å². The van der Waals surface area contributed by atoms with Crippen LogP contribution < -0.4 is 4.74 Å². The van der Waals surface area contributed by atoms with Crippen molar-refractivity contribution in [3.63, 3.8) is 0 Å². The first kappa shape index (κ1) is 7.80. The third kappa shape index (κ3) is 0.966. The monoisotopic (exact) mass is 226 g/mol. The normalized spacial score (nSPS) is 14.3. The smallest absolute Gasteiger partial charge is 0.204 e. The molecule has 0 saturated carbocycles. The largest absolute Gasteiger partial charge is 0.485 e. The van der Waals surface area contributed by atoms with Gasteiger partial charge in [-0.05, 0) is 24.6 Å². The van der Waals surface area contributed by atoms with Gasteiger partial charge in [-0.1, -0.05) is 15.9 Å². The zero-order valence-corrected chi connectivity index (χ0v) is 8.14. The van der Waals surface area contributed by atoms with Gasteiger partial charge in [0, 0.05) is 4.47 Å². The molecule has 0 amide bonds. The lowest BCUT2D eigenvalue weighted by atomic mass is 10.1. The van der Waals surface area contributed by atoms with E-state index in [1.165, 1.54) is 0 Å². The molecule has 0 spiro atoms. The predicted molar refractivity (Wildman–Crippen MR) is 48.7 cm³/mol. The molecule has 0 atom stereocenters. The van der Waals surface area contributed by atoms with Gasteiger partial charge in [0.1, 0.15) is 5.75 Å². The molecule has 0 N–H and O–H groups in total. The second-order valence-electron chi connectivity index (χ2n) is 2.76. The van der Waals surface area contributed by atoms with Gasteiger partial charge in [-0.3, -0.25) is 4.79 Å². The lowest BCUT2D eigenvalue weighted by molar-refractivity contribution is 0.0960. The average Bonchev–Trinajstić information content (AvgIpc) is 2.41. The Morgan fingerprint density at radius 1 is 1.50 bits per heavy atom. The number of ether oxygens (including phenoxy) is 1. The number of carbonyl (C=O) groups is 1. The first-order valence-electron chi connectivity index (χ1n) is 3.65. The van der Waals surface area contributed by atoms with Crippen molar-refractivity contribution in [1.29, 1.82) is 0 Å². The van der Waals surface area contributed by atoms with Gasteiger partial charge in [-0.2, -0.15) is 0 Å². The van der Waals surface area contributed by atoms with Crippen LogP contribution in [-0.2, 0) is 0 Å². The molecule has 1 aromatic carbocycles. The van der Waals surface area contributed by atoms with Gasteiger partial charge in [0.25, 0.3) is 0 Å². The molecule has 62 valence electrons. The standard InChI is InChI=1S/C9H7BrO2/c1-5-6(10)2-3-8-9(5)7(11)4-12-8/h2-3H,4H2,1H3. The summed E-state index contributed by atoms with van der Waals surface area (Å²) >= 11 is 3.37. The second kappa shape index (κ2) is 2.59. The molecule has 0 bridgehead atoms. The van der Waals surface area contributed by atoms with Gasteiger partial charge in [-0.15, -0.1) is 0 Å². The Balaban J connectivity index is 2.71. The van der Waals surface area contributed by atoms with Crippen LogP contribution in [0.5, 0.6) is 5.75 Å². The van der Waals surface area contributed by atoms with Gasteiger partial charge in [-0.25, -0.2) is 0 Å². The minimum atomic E-state index is 0.0730. The Hall–Kier alpha value is -0.830. The molecule has 1 aliphatic rings. The fraction of sp³-hybridized carbons (Fsp3) is 0.222. The summed E-state index contributed by atoms with van der Waals surface area (Å²) in [6.07, 6.45) is 0. The van der Waals surface area contributed by atoms with Gasteiger partial charge in [0.15, 0.2) is 6.61 Å². The molecule has 12 heavy (non-hydrogen) atoms. The van der Waals surface area contributed by atoms with Crippen molar-refractivity contribution in [3.05, 3.63) is 27.7 Å². The average molecular weight is 227 g/mol. The van der Waals surface area contributed by atoms with E-state index in [1.807, 2.05) is 19.1 Å². The van der Waals surface area contributed by atoms with Crippen molar-refractivity contribution < 1.29 is 9.53 Å². The molecule has 0 radical (unpaired) electrons. The molecular formula is C9H7BrO2. The maximum Gasteiger partial charge on any atom is 0.204 e. The molecule has 2 nitrogen and oxygen atoms in total. The number of benzene rings is 1. The van der Waals surface area contributed by atoms with Gasteiger partial charge < -0.3 is 4.74 Å². The van der Waals surface area contributed by atoms with E-state index in [0.717, 1.165) is 15.6 Å². The van der Waals surface area contributed by atoms with Crippen LogP contribution >= 0.6 is 15.9 Å². The van der Waals surface area contributed by atoms with Crippen molar-refractivity contribution in [2.45, 2.75) is 6.92 Å². The molecule has 1 aliphatic heterocycles. The summed E-state index contributed by atoms with van der Waals surface area (Å²) in [4.78, 5) is 11.3. The van der Waals surface area contributed by atoms with Crippen LogP contribution in [0.3, 0.4) is 0 Å². The maximum atomic E-state index is 11.3. The molecule has 0 aliphatic carbocycles. The van der Waals surface area contributed by atoms with E-state index >= 15 is 0 Å². The minimum absolute atomic E-state index is 0.0730. The summed E-state index contributed by atoms with van der Waals surface area (Å²) in [5.74, 6) is 0.782. The Labute approximate surface area is 78.7 Å². The molecule has 0 unspecified atom stereocenters. The van der Waals surface area contributed by atoms with E-state index in [9.17, 15) is 4.79 Å². The number of carbonyl (C=O) groups excluding carboxylic acids is 1. The van der Waals surface area contributed by atoms with Crippen LogP contribution in [0.1, 0.15) is 15.9 Å². The zero-order chi connectivity index (χ0) is 8.72. The minimum Gasteiger partial charge on any atom is -0.485 e. The molecule has 1 heterocycles. The number of Topliss-reactive ketones (excluding diaryl/α,β-unsaturated/α-hetero) is 1. The highest BCUT2D eigenvalue weighted by Gasteiger charge is 2.23. The summed E-state index contributed by atoms with van der Waals surface area (Å²) in [6, 6.07) is 3.71. The zero-order valence-electron chi connectivity index (χ0n) is 6.56. The van der Waals surface area contributed by atoms with Gasteiger partial charge in [0.2, 0.25) is 5.78 Å². The number of ketones is 1. The van der Waals surface area contributed by atoms with Crippen molar-refractivity contribution in [1.82, 2.24) is 0 Å². The van der Waals surface area contributed by atoms with E-state index in [-0.39, 0.29) is 12.4 Å². The van der Waals surface area contributed by atoms with Crippen LogP contribution in [0, 0.1) is 6.92 Å². The van der Waals surface area contributed by atoms with Crippen molar-refractivity contribution in [2.24, 2.45) is 0 Å². The SMILES string of the molecule is Cc1c(Br)ccc2c1C(=O)CO2. The van der Waals surface area contributed by atoms with Crippen LogP contribution in [0.4, 0.5) is 0 Å². The van der Waals surface area contributed by atoms with Gasteiger partial charge in [0.05, 0.1) is 5.56 Å². The van der Waals surface area contributed by atoms with Crippen LogP contribution in [-0.4, -0.2) is 12.4 Å². The van der Waals surface area contributed by atoms with Crippen molar-refractivity contribution in [3.8, 4) is 5.75 Å². The predicted octanol–water partition coefficient (Wildman–Crippen LogP) is 2.33. The maximum absolute atomic E-state index is 11.3. The first-order chi connectivity index (χ1) is 5.70. The summed E-state index contributed by atoms with van der Waals surface area (Å²) in [5.41, 5.74) is 1.69. The molecule has 0 saturated heterocycles. The number of rotatable bonds is 0. The molecular weight excluding hydrogens is 220 g/mol. The Morgan fingerprint density at radius 2 is 2.25 bits per heavy atom. The third-order valence-corrected chi connectivity index (χ3v) is 2.86. The molecule has 0 fully saturated rings. The van der Waals surface area contributed by atoms with E-state index in [1.54, 1.807) is 0 Å². The Morgan fingerprint density at radius 3 is 3.00 bits per heavy atom. The summed E-state index contributed by atoms with van der Waals surface area (Å²) < 4.78 is 6.13. The first-order valence-corrected chi connectivity index (χ1v) is 4.44. The number of hydrogen-bond acceptors (Lipinski definition) is 2. The third-order valence-electron chi connectivity index (χ3n) is 2.00. The van der Waals surface area contributed by atoms with Crippen LogP contribution in [0.2, 0.25) is 0 Å². The van der Waals surface area contributed by atoms with Crippen LogP contribution in [0.25, 0.3) is 0 Å². The second-order valence-corrected chi connectivity index (χ2v) is 3.61. The van der Waals surface area contributed by atoms with E-state index in [4.69, 9.17) is 4.74 Å². The summed E-state index contributed by atoms with van der Waals surface area (Å²) in [6.45, 7) is 2.10. The summed E-state index contributed by atoms with van der Waals surface area (Å²) in [5, 5.41) is 0. The number of fused-ring (bicyclic) bond motifs is 1. The van der Waals surface area contributed by atoms with E-state index < -0.39 is 0 Å². The topological polar surface area (TPSA) is 26.3 Å². The van der Waals surface area contributed by atoms with Crippen molar-refractivity contribution in [2.75, 3.05) is 6.61 Å². The highest BCUT2D eigenvalue weighted by molar-refractivity contribution is 9.10. The summed E-state index contributed by atoms with van der Waals surface area (Å²) in [7, 11) is 0. The highest BCUT2D eigenvalue weighted by atomic mass is 79.9. The lowest BCUT2D eigenvalue weighted by Crippen LogP contribution is -2.00. The molecule has 0 aromatic heterocycles. The Bertz CT molecular complexity index is 358. The fourth-order valence-electron chi connectivity index (χ4n) is 1.34. The van der Waals surface area contributed by atoms with E-state index in [2.05, 4.69) is 15.9 Å². The van der Waals surface area contributed by atoms with E-state index in [0.29, 0.717) is 5.75 Å². The van der Waals surface area contributed by atoms with Gasteiger partial charge >= 0.3 is 0 Å². The molecule has 3 heteroatoms. The highest BCUT2D eigenvalue weighted by Crippen LogP contribution is 2.32. The molecule has 1 aromatic rings.